The third-order valence-electron chi connectivity index (χ3n) is 4.89. The van der Waals surface area contributed by atoms with Gasteiger partial charge in [-0.1, -0.05) is 23.9 Å². The van der Waals surface area contributed by atoms with Crippen LogP contribution in [0.15, 0.2) is 41.6 Å². The summed E-state index contributed by atoms with van der Waals surface area (Å²) >= 11 is 1.36. The third kappa shape index (κ3) is 4.59. The number of hydrogen-bond donors (Lipinski definition) is 1. The summed E-state index contributed by atoms with van der Waals surface area (Å²) in [6, 6.07) is 11.5. The van der Waals surface area contributed by atoms with E-state index < -0.39 is 0 Å². The highest BCUT2D eigenvalue weighted by Crippen LogP contribution is 2.33. The third-order valence-corrected chi connectivity index (χ3v) is 5.85. The monoisotopic (exact) mass is 426 g/mol. The van der Waals surface area contributed by atoms with Crippen LogP contribution in [0.5, 0.6) is 11.5 Å². The molecule has 0 unspecified atom stereocenters. The molecule has 1 aromatic heterocycles. The van der Waals surface area contributed by atoms with Crippen LogP contribution in [0.3, 0.4) is 0 Å². The average molecular weight is 427 g/mol. The van der Waals surface area contributed by atoms with E-state index in [1.165, 1.54) is 11.8 Å². The molecule has 1 amide bonds. The van der Waals surface area contributed by atoms with E-state index in [1.54, 1.807) is 14.2 Å². The summed E-state index contributed by atoms with van der Waals surface area (Å²) < 4.78 is 12.7. The van der Waals surface area contributed by atoms with Crippen LogP contribution in [-0.4, -0.2) is 40.6 Å². The van der Waals surface area contributed by atoms with Crippen molar-refractivity contribution < 1.29 is 14.3 Å². The molecular weight excluding hydrogens is 400 g/mol. The standard InChI is InChI=1S/C22H26N4O3S/c1-6-26-21(16-10-11-18(28-4)19(12-16)29-5)24-25-22(26)30-13-20(27)23-17-9-7-8-14(2)15(17)3/h7-12H,6,13H2,1-5H3,(H,23,27). The molecule has 0 bridgehead atoms. The predicted octanol–water partition coefficient (Wildman–Crippen LogP) is 4.33. The highest BCUT2D eigenvalue weighted by Gasteiger charge is 2.17. The zero-order valence-corrected chi connectivity index (χ0v) is 18.7. The number of hydrogen-bond acceptors (Lipinski definition) is 6. The molecule has 30 heavy (non-hydrogen) atoms. The lowest BCUT2D eigenvalue weighted by Crippen LogP contribution is -2.15. The van der Waals surface area contributed by atoms with Crippen molar-refractivity contribution in [2.45, 2.75) is 32.5 Å². The molecule has 0 aliphatic heterocycles. The lowest BCUT2D eigenvalue weighted by Gasteiger charge is -2.11. The molecule has 0 spiro atoms. The lowest BCUT2D eigenvalue weighted by molar-refractivity contribution is -0.113. The number of aryl methyl sites for hydroxylation is 1. The molecule has 7 nitrogen and oxygen atoms in total. The zero-order valence-electron chi connectivity index (χ0n) is 17.9. The minimum Gasteiger partial charge on any atom is -0.493 e. The minimum absolute atomic E-state index is 0.0768. The molecule has 1 heterocycles. The Morgan fingerprint density at radius 1 is 1.10 bits per heavy atom. The number of ether oxygens (including phenoxy) is 2. The number of benzene rings is 2. The molecule has 0 fully saturated rings. The van der Waals surface area contributed by atoms with E-state index >= 15 is 0 Å². The zero-order chi connectivity index (χ0) is 21.7. The Bertz CT molecular complexity index is 1050. The van der Waals surface area contributed by atoms with Crippen LogP contribution in [0.25, 0.3) is 11.4 Å². The normalized spacial score (nSPS) is 10.7. The van der Waals surface area contributed by atoms with Gasteiger partial charge in [0.15, 0.2) is 22.5 Å². The van der Waals surface area contributed by atoms with E-state index in [2.05, 4.69) is 15.5 Å². The van der Waals surface area contributed by atoms with Crippen molar-refractivity contribution in [1.82, 2.24) is 14.8 Å². The number of aromatic nitrogens is 3. The van der Waals surface area contributed by atoms with Crippen molar-refractivity contribution in [2.75, 3.05) is 25.3 Å². The van der Waals surface area contributed by atoms with Gasteiger partial charge in [0.25, 0.3) is 0 Å². The number of nitrogens with zero attached hydrogens (tertiary/aromatic N) is 3. The molecule has 0 aliphatic carbocycles. The molecule has 8 heteroatoms. The van der Waals surface area contributed by atoms with Gasteiger partial charge >= 0.3 is 0 Å². The largest absolute Gasteiger partial charge is 0.493 e. The van der Waals surface area contributed by atoms with Crippen LogP contribution in [0, 0.1) is 13.8 Å². The second kappa shape index (κ2) is 9.67. The van der Waals surface area contributed by atoms with Gasteiger partial charge in [-0.05, 0) is 56.2 Å². The summed E-state index contributed by atoms with van der Waals surface area (Å²) in [7, 11) is 3.20. The number of nitrogens with one attached hydrogen (secondary N) is 1. The Kier molecular flexibility index (Phi) is 6.99. The number of thioether (sulfide) groups is 1. The van der Waals surface area contributed by atoms with Crippen LogP contribution in [0.2, 0.25) is 0 Å². The number of rotatable bonds is 8. The molecule has 0 atom stereocenters. The maximum Gasteiger partial charge on any atom is 0.234 e. The van der Waals surface area contributed by atoms with Crippen molar-refractivity contribution in [1.29, 1.82) is 0 Å². The summed E-state index contributed by atoms with van der Waals surface area (Å²) in [5.74, 6) is 2.17. The highest BCUT2D eigenvalue weighted by molar-refractivity contribution is 7.99. The van der Waals surface area contributed by atoms with E-state index in [9.17, 15) is 4.79 Å². The molecule has 0 saturated heterocycles. The fraction of sp³-hybridized carbons (Fsp3) is 0.318. The van der Waals surface area contributed by atoms with Gasteiger partial charge in [0.1, 0.15) is 0 Å². The van der Waals surface area contributed by atoms with E-state index in [4.69, 9.17) is 9.47 Å². The predicted molar refractivity (Wildman–Crippen MR) is 120 cm³/mol. The average Bonchev–Trinajstić information content (AvgIpc) is 3.17. The maximum atomic E-state index is 12.5. The van der Waals surface area contributed by atoms with E-state index in [0.717, 1.165) is 28.2 Å². The summed E-state index contributed by atoms with van der Waals surface area (Å²) in [6.07, 6.45) is 0. The Morgan fingerprint density at radius 3 is 2.57 bits per heavy atom. The smallest absolute Gasteiger partial charge is 0.234 e. The number of methoxy groups -OCH3 is 2. The SMILES string of the molecule is CCn1c(SCC(=O)Nc2cccc(C)c2C)nnc1-c1ccc(OC)c(OC)c1. The van der Waals surface area contributed by atoms with E-state index in [-0.39, 0.29) is 11.7 Å². The van der Waals surface area contributed by atoms with Crippen molar-refractivity contribution in [3.05, 3.63) is 47.5 Å². The van der Waals surface area contributed by atoms with Gasteiger partial charge in [-0.3, -0.25) is 4.79 Å². The quantitative estimate of drug-likeness (QED) is 0.540. The Balaban J connectivity index is 1.74. The van der Waals surface area contributed by atoms with Crippen molar-refractivity contribution in [3.63, 3.8) is 0 Å². The number of amides is 1. The van der Waals surface area contributed by atoms with E-state index in [0.29, 0.717) is 23.2 Å². The molecule has 2 aromatic carbocycles. The van der Waals surface area contributed by atoms with Gasteiger partial charge in [-0.2, -0.15) is 0 Å². The van der Waals surface area contributed by atoms with Crippen LogP contribution < -0.4 is 14.8 Å². The maximum absolute atomic E-state index is 12.5. The second-order valence-electron chi connectivity index (χ2n) is 6.70. The Hall–Kier alpha value is -3.00. The molecule has 3 rings (SSSR count). The van der Waals surface area contributed by atoms with Gasteiger partial charge in [0.05, 0.1) is 20.0 Å². The first-order valence-corrected chi connectivity index (χ1v) is 10.6. The minimum atomic E-state index is -0.0768. The summed E-state index contributed by atoms with van der Waals surface area (Å²) in [5, 5.41) is 12.3. The van der Waals surface area contributed by atoms with Crippen molar-refractivity contribution in [2.24, 2.45) is 0 Å². The molecule has 158 valence electrons. The van der Waals surface area contributed by atoms with Crippen LogP contribution >= 0.6 is 11.8 Å². The van der Waals surface area contributed by atoms with Crippen molar-refractivity contribution >= 4 is 23.4 Å². The summed E-state index contributed by atoms with van der Waals surface area (Å²) in [6.45, 7) is 6.73. The molecular formula is C22H26N4O3S. The first-order valence-electron chi connectivity index (χ1n) is 9.63. The molecule has 0 saturated carbocycles. The van der Waals surface area contributed by atoms with E-state index in [1.807, 2.05) is 61.7 Å². The van der Waals surface area contributed by atoms with Gasteiger partial charge < -0.3 is 19.4 Å². The van der Waals surface area contributed by atoms with Crippen molar-refractivity contribution in [3.8, 4) is 22.9 Å². The Morgan fingerprint density at radius 2 is 1.87 bits per heavy atom. The van der Waals surface area contributed by atoms with Gasteiger partial charge in [-0.25, -0.2) is 0 Å². The number of anilines is 1. The second-order valence-corrected chi connectivity index (χ2v) is 7.65. The Labute approximate surface area is 180 Å². The molecule has 0 aliphatic rings. The number of carbonyl (C=O) groups excluding carboxylic acids is 1. The fourth-order valence-electron chi connectivity index (χ4n) is 3.07. The summed E-state index contributed by atoms with van der Waals surface area (Å²) in [4.78, 5) is 12.5. The highest BCUT2D eigenvalue weighted by atomic mass is 32.2. The first-order chi connectivity index (χ1) is 14.5. The number of carbonyl (C=O) groups is 1. The molecule has 0 radical (unpaired) electrons. The van der Waals surface area contributed by atoms with Crippen LogP contribution in [0.4, 0.5) is 5.69 Å². The molecule has 1 N–H and O–H groups in total. The van der Waals surface area contributed by atoms with Gasteiger partial charge in [-0.15, -0.1) is 10.2 Å². The van der Waals surface area contributed by atoms with Crippen LogP contribution in [0.1, 0.15) is 18.1 Å². The van der Waals surface area contributed by atoms with Gasteiger partial charge in [0, 0.05) is 17.8 Å². The topological polar surface area (TPSA) is 78.3 Å². The van der Waals surface area contributed by atoms with Gasteiger partial charge in [0.2, 0.25) is 5.91 Å². The summed E-state index contributed by atoms with van der Waals surface area (Å²) in [5.41, 5.74) is 3.92. The molecule has 3 aromatic rings. The van der Waals surface area contributed by atoms with Crippen LogP contribution in [-0.2, 0) is 11.3 Å². The fourth-order valence-corrected chi connectivity index (χ4v) is 3.87. The first kappa shape index (κ1) is 21.7. The lowest BCUT2D eigenvalue weighted by atomic mass is 10.1.